The Hall–Kier alpha value is -1.65. The van der Waals surface area contributed by atoms with Crippen molar-refractivity contribution in [1.82, 2.24) is 4.90 Å². The largest absolute Gasteiger partial charge is 0.548 e. The number of carbonyl (C=O) groups excluding carboxylic acids is 3. The molecule has 5 nitrogen and oxygen atoms in total. The van der Waals surface area contributed by atoms with Gasteiger partial charge in [-0.25, -0.2) is 0 Å². The Morgan fingerprint density at radius 2 is 1.68 bits per heavy atom. The molecule has 0 aromatic rings. The molecule has 0 radical (unpaired) electrons. The van der Waals surface area contributed by atoms with Crippen LogP contribution < -0.4 is 5.11 Å². The Labute approximate surface area is 129 Å². The van der Waals surface area contributed by atoms with E-state index >= 15 is 0 Å². The van der Waals surface area contributed by atoms with E-state index in [1.807, 2.05) is 13.8 Å². The number of likely N-dealkylation sites (tertiary alicyclic amines) is 1. The summed E-state index contributed by atoms with van der Waals surface area (Å²) in [6, 6.07) is -1.12. The Morgan fingerprint density at radius 1 is 1.18 bits per heavy atom. The van der Waals surface area contributed by atoms with E-state index in [1.54, 1.807) is 0 Å². The number of imide groups is 1. The van der Waals surface area contributed by atoms with Crippen molar-refractivity contribution < 1.29 is 19.5 Å². The van der Waals surface area contributed by atoms with Crippen LogP contribution in [-0.4, -0.2) is 28.7 Å². The minimum atomic E-state index is -1.32. The van der Waals surface area contributed by atoms with Gasteiger partial charge in [-0.3, -0.25) is 14.5 Å². The van der Waals surface area contributed by atoms with Crippen LogP contribution in [0.4, 0.5) is 0 Å². The molecule has 3 fully saturated rings. The molecule has 4 aliphatic carbocycles. The average molecular weight is 302 g/mol. The first-order chi connectivity index (χ1) is 10.4. The van der Waals surface area contributed by atoms with E-state index in [0.29, 0.717) is 11.8 Å². The van der Waals surface area contributed by atoms with Gasteiger partial charge < -0.3 is 9.90 Å². The Kier molecular flexibility index (Phi) is 2.81. The second kappa shape index (κ2) is 4.43. The van der Waals surface area contributed by atoms with E-state index in [0.717, 1.165) is 11.3 Å². The van der Waals surface area contributed by atoms with Gasteiger partial charge in [0.05, 0.1) is 23.8 Å². The van der Waals surface area contributed by atoms with Crippen molar-refractivity contribution in [1.29, 1.82) is 0 Å². The highest BCUT2D eigenvalue weighted by Gasteiger charge is 2.67. The van der Waals surface area contributed by atoms with Gasteiger partial charge in [0.2, 0.25) is 11.8 Å². The lowest BCUT2D eigenvalue weighted by atomic mass is 9.63. The highest BCUT2D eigenvalue weighted by atomic mass is 16.4. The fraction of sp³-hybridized carbons (Fsp3) is 0.706. The van der Waals surface area contributed by atoms with Crippen LogP contribution in [-0.2, 0) is 14.4 Å². The number of carboxylic acids is 1. The molecule has 118 valence electrons. The van der Waals surface area contributed by atoms with Gasteiger partial charge in [-0.1, -0.05) is 26.0 Å². The number of amides is 2. The number of rotatable bonds is 4. The number of hydrogen-bond acceptors (Lipinski definition) is 4. The maximum absolute atomic E-state index is 12.8. The molecule has 5 rings (SSSR count). The normalized spacial score (nSPS) is 42.6. The van der Waals surface area contributed by atoms with Gasteiger partial charge in [-0.05, 0) is 42.4 Å². The van der Waals surface area contributed by atoms with Crippen LogP contribution in [0.1, 0.15) is 26.7 Å². The first kappa shape index (κ1) is 14.0. The summed E-state index contributed by atoms with van der Waals surface area (Å²) in [7, 11) is 0. The number of carboxylic acid groups (broad SMARTS) is 1. The van der Waals surface area contributed by atoms with E-state index in [2.05, 4.69) is 12.2 Å². The molecule has 5 aliphatic rings. The lowest BCUT2D eigenvalue weighted by Crippen LogP contribution is -2.51. The van der Waals surface area contributed by atoms with Gasteiger partial charge >= 0.3 is 0 Å². The molecule has 2 amide bonds. The summed E-state index contributed by atoms with van der Waals surface area (Å²) >= 11 is 0. The molecule has 1 heterocycles. The summed E-state index contributed by atoms with van der Waals surface area (Å²) < 4.78 is 0. The fourth-order valence-corrected chi connectivity index (χ4v) is 5.04. The number of carbonyl (C=O) groups is 3. The fourth-order valence-electron chi connectivity index (χ4n) is 5.04. The van der Waals surface area contributed by atoms with Crippen molar-refractivity contribution in [2.75, 3.05) is 0 Å². The zero-order chi connectivity index (χ0) is 15.8. The molecule has 0 spiro atoms. The SMILES string of the molecule is CC(C)C[C@@H](C(=O)[O-])N1C(=O)[C@@H]2[C@H]3C=C[C@H]([C@H]4C[C@@H]34)[C@@H]2C1=O. The summed E-state index contributed by atoms with van der Waals surface area (Å²) in [5, 5.41) is 11.5. The molecule has 2 bridgehead atoms. The zero-order valence-corrected chi connectivity index (χ0v) is 12.8. The molecule has 0 aromatic heterocycles. The van der Waals surface area contributed by atoms with Gasteiger partial charge in [-0.2, -0.15) is 0 Å². The molecule has 7 atom stereocenters. The Bertz CT molecular complexity index is 559. The van der Waals surface area contributed by atoms with Crippen molar-refractivity contribution in [3.8, 4) is 0 Å². The van der Waals surface area contributed by atoms with Crippen molar-refractivity contribution in [2.45, 2.75) is 32.7 Å². The van der Waals surface area contributed by atoms with Gasteiger partial charge in [0.1, 0.15) is 0 Å². The summed E-state index contributed by atoms with van der Waals surface area (Å²) in [5.41, 5.74) is 0. The Balaban J connectivity index is 1.68. The van der Waals surface area contributed by atoms with Crippen LogP contribution >= 0.6 is 0 Å². The molecule has 2 saturated carbocycles. The molecule has 0 aromatic carbocycles. The zero-order valence-electron chi connectivity index (χ0n) is 12.8. The molecule has 1 saturated heterocycles. The average Bonchev–Trinajstić information content (AvgIpc) is 3.22. The number of allylic oxidation sites excluding steroid dienone is 2. The maximum atomic E-state index is 12.8. The summed E-state index contributed by atoms with van der Waals surface area (Å²) in [6.07, 6.45) is 5.54. The van der Waals surface area contributed by atoms with Crippen LogP contribution in [0, 0.1) is 41.4 Å². The first-order valence-corrected chi connectivity index (χ1v) is 8.18. The van der Waals surface area contributed by atoms with Gasteiger partial charge in [0.25, 0.3) is 0 Å². The van der Waals surface area contributed by atoms with Crippen LogP contribution in [0.15, 0.2) is 12.2 Å². The first-order valence-electron chi connectivity index (χ1n) is 8.18. The lowest BCUT2D eigenvalue weighted by Gasteiger charge is -2.37. The molecule has 5 heteroatoms. The van der Waals surface area contributed by atoms with Gasteiger partial charge in [0.15, 0.2) is 0 Å². The standard InChI is InChI=1S/C17H21NO4/c1-7(2)5-12(17(21)22)18-15(19)13-8-3-4-9(11-6-10(8)11)14(13)16(18)20/h3-4,7-14H,5-6H2,1-2H3,(H,21,22)/p-1/t8-,9+,10-,11+,12-,13+,14-/m0/s1. The van der Waals surface area contributed by atoms with Crippen LogP contribution in [0.5, 0.6) is 0 Å². The Morgan fingerprint density at radius 3 is 2.09 bits per heavy atom. The minimum Gasteiger partial charge on any atom is -0.548 e. The third-order valence-electron chi connectivity index (χ3n) is 5.98. The molecule has 22 heavy (non-hydrogen) atoms. The highest BCUT2D eigenvalue weighted by Crippen LogP contribution is 2.65. The predicted molar refractivity (Wildman–Crippen MR) is 74.8 cm³/mol. The third-order valence-corrected chi connectivity index (χ3v) is 5.98. The predicted octanol–water partition coefficient (Wildman–Crippen LogP) is 0.204. The monoisotopic (exact) mass is 302 g/mol. The van der Waals surface area contributed by atoms with E-state index in [4.69, 9.17) is 0 Å². The summed E-state index contributed by atoms with van der Waals surface area (Å²) in [4.78, 5) is 38.2. The van der Waals surface area contributed by atoms with E-state index in [-0.39, 0.29) is 47.8 Å². The molecule has 0 N–H and O–H groups in total. The van der Waals surface area contributed by atoms with Crippen molar-refractivity contribution in [2.24, 2.45) is 41.4 Å². The molecule has 1 aliphatic heterocycles. The molecular formula is C17H20NO4-. The molecular weight excluding hydrogens is 282 g/mol. The maximum Gasteiger partial charge on any atom is 0.234 e. The number of nitrogens with zero attached hydrogens (tertiary/aromatic N) is 1. The van der Waals surface area contributed by atoms with Crippen molar-refractivity contribution in [3.05, 3.63) is 12.2 Å². The van der Waals surface area contributed by atoms with Crippen LogP contribution in [0.25, 0.3) is 0 Å². The smallest absolute Gasteiger partial charge is 0.234 e. The van der Waals surface area contributed by atoms with Gasteiger partial charge in [0, 0.05) is 0 Å². The topological polar surface area (TPSA) is 77.5 Å². The molecule has 0 unspecified atom stereocenters. The van der Waals surface area contributed by atoms with E-state index < -0.39 is 12.0 Å². The summed E-state index contributed by atoms with van der Waals surface area (Å²) in [6.45, 7) is 3.77. The number of aliphatic carboxylic acids is 1. The van der Waals surface area contributed by atoms with E-state index in [9.17, 15) is 19.5 Å². The number of hydrogen-bond donors (Lipinski definition) is 0. The third kappa shape index (κ3) is 1.68. The highest BCUT2D eigenvalue weighted by molar-refractivity contribution is 6.08. The second-order valence-electron chi connectivity index (χ2n) is 7.67. The summed E-state index contributed by atoms with van der Waals surface area (Å²) in [5.74, 6) is -1.16. The quantitative estimate of drug-likeness (QED) is 0.549. The van der Waals surface area contributed by atoms with Crippen LogP contribution in [0.2, 0.25) is 0 Å². The van der Waals surface area contributed by atoms with Gasteiger partial charge in [-0.15, -0.1) is 0 Å². The van der Waals surface area contributed by atoms with E-state index in [1.165, 1.54) is 0 Å². The van der Waals surface area contributed by atoms with Crippen molar-refractivity contribution in [3.63, 3.8) is 0 Å². The van der Waals surface area contributed by atoms with Crippen molar-refractivity contribution >= 4 is 17.8 Å². The lowest BCUT2D eigenvalue weighted by molar-refractivity contribution is -0.311. The minimum absolute atomic E-state index is 0.0781. The second-order valence-corrected chi connectivity index (χ2v) is 7.67. The van der Waals surface area contributed by atoms with Crippen LogP contribution in [0.3, 0.4) is 0 Å².